The van der Waals surface area contributed by atoms with Crippen molar-refractivity contribution >= 4 is 23.2 Å². The van der Waals surface area contributed by atoms with Crippen LogP contribution < -0.4 is 20.7 Å². The molecule has 0 aliphatic heterocycles. The Morgan fingerprint density at radius 3 is 2.42 bits per heavy atom. The van der Waals surface area contributed by atoms with E-state index >= 15 is 0 Å². The molecule has 0 unspecified atom stereocenters. The summed E-state index contributed by atoms with van der Waals surface area (Å²) < 4.78 is 5.79. The molecule has 0 bridgehead atoms. The van der Waals surface area contributed by atoms with Crippen LogP contribution in [0.1, 0.15) is 35.7 Å². The summed E-state index contributed by atoms with van der Waals surface area (Å²) in [6, 6.07) is 24.8. The lowest BCUT2D eigenvalue weighted by Gasteiger charge is -2.10. The van der Waals surface area contributed by atoms with Gasteiger partial charge in [-0.2, -0.15) is 0 Å². The van der Waals surface area contributed by atoms with Crippen molar-refractivity contribution in [2.45, 2.75) is 26.2 Å². The topological polar surface area (TPSA) is 79.5 Å². The summed E-state index contributed by atoms with van der Waals surface area (Å²) in [5.74, 6) is 0.483. The third-order valence-corrected chi connectivity index (χ3v) is 4.97. The monoisotopic (exact) mass is 445 g/mol. The minimum atomic E-state index is -0.174. The minimum absolute atomic E-state index is 0.0950. The molecule has 0 atom stereocenters. The lowest BCUT2D eigenvalue weighted by molar-refractivity contribution is -0.114. The van der Waals surface area contributed by atoms with Gasteiger partial charge in [-0.15, -0.1) is 0 Å². The van der Waals surface area contributed by atoms with Crippen LogP contribution in [0.15, 0.2) is 78.9 Å². The number of rotatable bonds is 12. The zero-order valence-electron chi connectivity index (χ0n) is 19.0. The third-order valence-electron chi connectivity index (χ3n) is 4.97. The Balaban J connectivity index is 1.39. The highest BCUT2D eigenvalue weighted by Crippen LogP contribution is 2.16. The third kappa shape index (κ3) is 8.33. The molecule has 3 N–H and O–H groups in total. The normalized spacial score (nSPS) is 10.3. The molecule has 2 amide bonds. The lowest BCUT2D eigenvalue weighted by Crippen LogP contribution is -2.24. The number of anilines is 2. The zero-order chi connectivity index (χ0) is 23.3. The van der Waals surface area contributed by atoms with Crippen LogP contribution in [-0.2, 0) is 11.2 Å². The van der Waals surface area contributed by atoms with Gasteiger partial charge in [-0.3, -0.25) is 9.59 Å². The second-order valence-corrected chi connectivity index (χ2v) is 7.70. The highest BCUT2D eigenvalue weighted by atomic mass is 16.5. The number of nitrogens with one attached hydrogen (secondary N) is 3. The molecule has 0 radical (unpaired) electrons. The lowest BCUT2D eigenvalue weighted by atomic mass is 10.1. The van der Waals surface area contributed by atoms with E-state index in [-0.39, 0.29) is 18.4 Å². The molecule has 3 aromatic rings. The van der Waals surface area contributed by atoms with Crippen LogP contribution in [0.2, 0.25) is 0 Å². The smallest absolute Gasteiger partial charge is 0.251 e. The number of hydrogen-bond acceptors (Lipinski definition) is 4. The van der Waals surface area contributed by atoms with E-state index in [1.54, 1.807) is 18.2 Å². The average molecular weight is 446 g/mol. The Labute approximate surface area is 195 Å². The molecule has 0 saturated carbocycles. The molecule has 0 heterocycles. The molecule has 0 saturated heterocycles. The Morgan fingerprint density at radius 2 is 1.67 bits per heavy atom. The predicted molar refractivity (Wildman–Crippen MR) is 133 cm³/mol. The number of carbonyl (C=O) groups excluding carboxylic acids is 2. The van der Waals surface area contributed by atoms with Gasteiger partial charge in [0.15, 0.2) is 0 Å². The second kappa shape index (κ2) is 12.9. The molecule has 6 heteroatoms. The van der Waals surface area contributed by atoms with Crippen molar-refractivity contribution in [1.29, 1.82) is 0 Å². The number of carbonyl (C=O) groups is 2. The average Bonchev–Trinajstić information content (AvgIpc) is 2.85. The van der Waals surface area contributed by atoms with Gasteiger partial charge < -0.3 is 20.7 Å². The van der Waals surface area contributed by atoms with E-state index in [1.165, 1.54) is 5.56 Å². The maximum absolute atomic E-state index is 12.3. The number of aryl methyl sites for hydroxylation is 1. The molecule has 0 aliphatic carbocycles. The zero-order valence-corrected chi connectivity index (χ0v) is 19.0. The van der Waals surface area contributed by atoms with Gasteiger partial charge in [0.1, 0.15) is 5.75 Å². The maximum atomic E-state index is 12.3. The van der Waals surface area contributed by atoms with Gasteiger partial charge >= 0.3 is 0 Å². The standard InChI is InChI=1S/C27H31N3O3/c1-2-17-28-27(32)22-11-6-12-24(19-22)29-20-26(31)30-23-13-15-25(16-14-23)33-18-7-10-21-8-4-3-5-9-21/h3-6,8-9,11-16,19,29H,2,7,10,17-18,20H2,1H3,(H,28,32)(H,30,31). The van der Waals surface area contributed by atoms with Crippen LogP contribution in [0.4, 0.5) is 11.4 Å². The van der Waals surface area contributed by atoms with Gasteiger partial charge in [0.2, 0.25) is 5.91 Å². The van der Waals surface area contributed by atoms with Crippen molar-refractivity contribution in [2.24, 2.45) is 0 Å². The van der Waals surface area contributed by atoms with Crippen LogP contribution in [-0.4, -0.2) is 31.5 Å². The van der Waals surface area contributed by atoms with E-state index in [1.807, 2.05) is 55.5 Å². The van der Waals surface area contributed by atoms with Crippen LogP contribution >= 0.6 is 0 Å². The van der Waals surface area contributed by atoms with Gasteiger partial charge in [0.05, 0.1) is 13.2 Å². The van der Waals surface area contributed by atoms with Gasteiger partial charge in [-0.1, -0.05) is 43.3 Å². The van der Waals surface area contributed by atoms with Crippen LogP contribution in [0, 0.1) is 0 Å². The van der Waals surface area contributed by atoms with Crippen molar-refractivity contribution in [1.82, 2.24) is 5.32 Å². The second-order valence-electron chi connectivity index (χ2n) is 7.70. The van der Waals surface area contributed by atoms with E-state index in [4.69, 9.17) is 4.74 Å². The summed E-state index contributed by atoms with van der Waals surface area (Å²) in [5.41, 5.74) is 3.28. The van der Waals surface area contributed by atoms with Crippen LogP contribution in [0.3, 0.4) is 0 Å². The highest BCUT2D eigenvalue weighted by Gasteiger charge is 2.07. The van der Waals surface area contributed by atoms with E-state index < -0.39 is 0 Å². The first-order valence-electron chi connectivity index (χ1n) is 11.3. The molecular weight excluding hydrogens is 414 g/mol. The van der Waals surface area contributed by atoms with Crippen molar-refractivity contribution in [3.8, 4) is 5.75 Å². The van der Waals surface area contributed by atoms with E-state index in [2.05, 4.69) is 28.1 Å². The first kappa shape index (κ1) is 23.9. The Hall–Kier alpha value is -3.80. The fraction of sp³-hybridized carbons (Fsp3) is 0.259. The summed E-state index contributed by atoms with van der Waals surface area (Å²) >= 11 is 0. The molecule has 3 rings (SSSR count). The number of ether oxygens (including phenoxy) is 1. The van der Waals surface area contributed by atoms with Crippen molar-refractivity contribution in [3.63, 3.8) is 0 Å². The molecule has 0 aliphatic rings. The van der Waals surface area contributed by atoms with E-state index in [0.717, 1.165) is 25.0 Å². The molecule has 6 nitrogen and oxygen atoms in total. The molecule has 172 valence electrons. The first-order valence-corrected chi connectivity index (χ1v) is 11.3. The molecule has 0 fully saturated rings. The van der Waals surface area contributed by atoms with Gasteiger partial charge in [0, 0.05) is 23.5 Å². The SMILES string of the molecule is CCCNC(=O)c1cccc(NCC(=O)Nc2ccc(OCCCc3ccccc3)cc2)c1. The fourth-order valence-electron chi connectivity index (χ4n) is 3.24. The van der Waals surface area contributed by atoms with Gasteiger partial charge in [-0.05, 0) is 67.3 Å². The fourth-order valence-corrected chi connectivity index (χ4v) is 3.24. The number of hydrogen-bond donors (Lipinski definition) is 3. The molecular formula is C27H31N3O3. The summed E-state index contributed by atoms with van der Waals surface area (Å²) in [4.78, 5) is 24.4. The maximum Gasteiger partial charge on any atom is 0.251 e. The first-order chi connectivity index (χ1) is 16.1. The summed E-state index contributed by atoms with van der Waals surface area (Å²) in [6.45, 7) is 3.37. The Kier molecular flexibility index (Phi) is 9.33. The van der Waals surface area contributed by atoms with Crippen molar-refractivity contribution < 1.29 is 14.3 Å². The van der Waals surface area contributed by atoms with Gasteiger partial charge in [-0.25, -0.2) is 0 Å². The molecule has 0 spiro atoms. The predicted octanol–water partition coefficient (Wildman–Crippen LogP) is 4.89. The Morgan fingerprint density at radius 1 is 0.879 bits per heavy atom. The summed E-state index contributed by atoms with van der Waals surface area (Å²) in [6.07, 6.45) is 2.80. The number of benzene rings is 3. The summed E-state index contributed by atoms with van der Waals surface area (Å²) in [7, 11) is 0. The highest BCUT2D eigenvalue weighted by molar-refractivity contribution is 5.96. The largest absolute Gasteiger partial charge is 0.494 e. The van der Waals surface area contributed by atoms with Crippen molar-refractivity contribution in [3.05, 3.63) is 90.0 Å². The molecule has 33 heavy (non-hydrogen) atoms. The number of amides is 2. The minimum Gasteiger partial charge on any atom is -0.494 e. The Bertz CT molecular complexity index is 1020. The van der Waals surface area contributed by atoms with Crippen molar-refractivity contribution in [2.75, 3.05) is 30.3 Å². The van der Waals surface area contributed by atoms with Crippen LogP contribution in [0.5, 0.6) is 5.75 Å². The van der Waals surface area contributed by atoms with Gasteiger partial charge in [0.25, 0.3) is 5.91 Å². The quantitative estimate of drug-likeness (QED) is 0.347. The van der Waals surface area contributed by atoms with Crippen LogP contribution in [0.25, 0.3) is 0 Å². The molecule has 0 aromatic heterocycles. The summed E-state index contributed by atoms with van der Waals surface area (Å²) in [5, 5.41) is 8.76. The molecule has 3 aromatic carbocycles. The van der Waals surface area contributed by atoms with E-state index in [0.29, 0.717) is 30.1 Å². The van der Waals surface area contributed by atoms with E-state index in [9.17, 15) is 9.59 Å².